The van der Waals surface area contributed by atoms with Gasteiger partial charge in [-0.2, -0.15) is 0 Å². The van der Waals surface area contributed by atoms with E-state index in [0.717, 1.165) is 19.4 Å². The molecule has 1 saturated heterocycles. The number of nitrogens with two attached hydrogens (primary N) is 1. The van der Waals surface area contributed by atoms with E-state index in [1.807, 2.05) is 12.1 Å². The average Bonchev–Trinajstić information content (AvgIpc) is 2.89. The Labute approximate surface area is 100 Å². The zero-order valence-corrected chi connectivity index (χ0v) is 9.61. The van der Waals surface area contributed by atoms with Crippen LogP contribution in [0.3, 0.4) is 0 Å². The number of hydrogen-bond donors (Lipinski definition) is 3. The van der Waals surface area contributed by atoms with Gasteiger partial charge < -0.3 is 15.5 Å². The van der Waals surface area contributed by atoms with Gasteiger partial charge in [-0.3, -0.25) is 10.6 Å². The number of anilines is 1. The van der Waals surface area contributed by atoms with E-state index >= 15 is 0 Å². The summed E-state index contributed by atoms with van der Waals surface area (Å²) >= 11 is 0. The molecule has 1 aromatic rings. The third kappa shape index (κ3) is 2.95. The molecule has 5 heteroatoms. The zero-order chi connectivity index (χ0) is 12.1. The predicted molar refractivity (Wildman–Crippen MR) is 65.6 cm³/mol. The molecule has 1 amide bonds. The summed E-state index contributed by atoms with van der Waals surface area (Å²) in [5.74, 6) is 5.22. The molecule has 4 N–H and O–H groups in total. The normalized spacial score (nSPS) is 19.0. The molecule has 0 radical (unpaired) electrons. The molecule has 5 nitrogen and oxygen atoms in total. The maximum Gasteiger partial charge on any atom is 0.253 e. The molecule has 1 aromatic carbocycles. The van der Waals surface area contributed by atoms with Crippen LogP contribution in [-0.4, -0.2) is 25.2 Å². The fourth-order valence-corrected chi connectivity index (χ4v) is 1.91. The number of rotatable bonds is 4. The van der Waals surface area contributed by atoms with Crippen molar-refractivity contribution >= 4 is 11.6 Å². The van der Waals surface area contributed by atoms with E-state index < -0.39 is 0 Å². The molecule has 0 bridgehead atoms. The van der Waals surface area contributed by atoms with Crippen LogP contribution in [0.4, 0.5) is 5.69 Å². The summed E-state index contributed by atoms with van der Waals surface area (Å²) in [6.45, 7) is 1.35. The maximum atomic E-state index is 11.9. The van der Waals surface area contributed by atoms with Crippen molar-refractivity contribution in [2.24, 2.45) is 5.84 Å². The van der Waals surface area contributed by atoms with E-state index in [2.05, 4.69) is 10.7 Å². The van der Waals surface area contributed by atoms with Gasteiger partial charge in [-0.15, -0.1) is 0 Å². The maximum absolute atomic E-state index is 11.9. The third-order valence-electron chi connectivity index (χ3n) is 2.84. The molecule has 0 aromatic heterocycles. The lowest BCUT2D eigenvalue weighted by Gasteiger charge is -2.12. The standard InChI is InChI=1S/C12H17N3O2/c13-15-11-6-2-1-5-10(11)12(16)14-8-9-4-3-7-17-9/h1-2,5-6,9,15H,3-4,7-8,13H2,(H,14,16). The van der Waals surface area contributed by atoms with Gasteiger partial charge in [0, 0.05) is 13.2 Å². The number of benzene rings is 1. The summed E-state index contributed by atoms with van der Waals surface area (Å²) in [5, 5.41) is 2.86. The minimum absolute atomic E-state index is 0.131. The number of carbonyl (C=O) groups excluding carboxylic acids is 1. The number of ether oxygens (including phenoxy) is 1. The minimum Gasteiger partial charge on any atom is -0.376 e. The van der Waals surface area contributed by atoms with Crippen molar-refractivity contribution in [2.75, 3.05) is 18.6 Å². The average molecular weight is 235 g/mol. The number of nitrogens with one attached hydrogen (secondary N) is 2. The molecule has 2 rings (SSSR count). The van der Waals surface area contributed by atoms with E-state index in [9.17, 15) is 4.79 Å². The Kier molecular flexibility index (Phi) is 3.95. The number of nitrogen functional groups attached to an aromatic ring is 1. The zero-order valence-electron chi connectivity index (χ0n) is 9.61. The van der Waals surface area contributed by atoms with Gasteiger partial charge in [-0.05, 0) is 25.0 Å². The Morgan fingerprint density at radius 1 is 1.47 bits per heavy atom. The van der Waals surface area contributed by atoms with Crippen LogP contribution in [0.2, 0.25) is 0 Å². The second-order valence-electron chi connectivity index (χ2n) is 4.03. The lowest BCUT2D eigenvalue weighted by molar-refractivity contribution is 0.0858. The van der Waals surface area contributed by atoms with Crippen LogP contribution in [0.5, 0.6) is 0 Å². The van der Waals surface area contributed by atoms with Crippen molar-refractivity contribution in [3.05, 3.63) is 29.8 Å². The fraction of sp³-hybridized carbons (Fsp3) is 0.417. The molecule has 0 aliphatic carbocycles. The highest BCUT2D eigenvalue weighted by Crippen LogP contribution is 2.14. The molecule has 1 heterocycles. The van der Waals surface area contributed by atoms with Gasteiger partial charge in [-0.25, -0.2) is 0 Å². The Morgan fingerprint density at radius 2 is 2.29 bits per heavy atom. The van der Waals surface area contributed by atoms with Gasteiger partial charge in [0.15, 0.2) is 0 Å². The van der Waals surface area contributed by atoms with Crippen molar-refractivity contribution in [3.63, 3.8) is 0 Å². The van der Waals surface area contributed by atoms with E-state index in [1.165, 1.54) is 0 Å². The third-order valence-corrected chi connectivity index (χ3v) is 2.84. The summed E-state index contributed by atoms with van der Waals surface area (Å²) in [7, 11) is 0. The lowest BCUT2D eigenvalue weighted by atomic mass is 10.1. The highest BCUT2D eigenvalue weighted by atomic mass is 16.5. The first-order chi connectivity index (χ1) is 8.31. The second-order valence-corrected chi connectivity index (χ2v) is 4.03. The summed E-state index contributed by atoms with van der Waals surface area (Å²) in [6, 6.07) is 7.13. The monoisotopic (exact) mass is 235 g/mol. The van der Waals surface area contributed by atoms with Gasteiger partial charge in [-0.1, -0.05) is 12.1 Å². The van der Waals surface area contributed by atoms with Crippen LogP contribution < -0.4 is 16.6 Å². The molecule has 1 unspecified atom stereocenters. The number of hydrogen-bond acceptors (Lipinski definition) is 4. The molecule has 1 aliphatic heterocycles. The molecular weight excluding hydrogens is 218 g/mol. The smallest absolute Gasteiger partial charge is 0.253 e. The summed E-state index contributed by atoms with van der Waals surface area (Å²) in [6.07, 6.45) is 2.23. The van der Waals surface area contributed by atoms with E-state index in [0.29, 0.717) is 17.8 Å². The molecule has 92 valence electrons. The van der Waals surface area contributed by atoms with Crippen LogP contribution in [0.25, 0.3) is 0 Å². The molecule has 0 saturated carbocycles. The molecule has 1 aliphatic rings. The van der Waals surface area contributed by atoms with Gasteiger partial charge in [0.2, 0.25) is 0 Å². The number of para-hydroxylation sites is 1. The van der Waals surface area contributed by atoms with Crippen molar-refractivity contribution in [2.45, 2.75) is 18.9 Å². The van der Waals surface area contributed by atoms with Crippen LogP contribution in [0.15, 0.2) is 24.3 Å². The lowest BCUT2D eigenvalue weighted by Crippen LogP contribution is -2.32. The molecule has 0 spiro atoms. The summed E-state index contributed by atoms with van der Waals surface area (Å²) in [4.78, 5) is 11.9. The van der Waals surface area contributed by atoms with Crippen LogP contribution in [0, 0.1) is 0 Å². The fourth-order valence-electron chi connectivity index (χ4n) is 1.91. The molecule has 1 fully saturated rings. The first-order valence-corrected chi connectivity index (χ1v) is 5.76. The van der Waals surface area contributed by atoms with Crippen molar-refractivity contribution in [3.8, 4) is 0 Å². The largest absolute Gasteiger partial charge is 0.376 e. The van der Waals surface area contributed by atoms with Gasteiger partial charge in [0.25, 0.3) is 5.91 Å². The first kappa shape index (κ1) is 11.9. The van der Waals surface area contributed by atoms with Crippen LogP contribution in [0.1, 0.15) is 23.2 Å². The van der Waals surface area contributed by atoms with Crippen molar-refractivity contribution < 1.29 is 9.53 Å². The first-order valence-electron chi connectivity index (χ1n) is 5.76. The summed E-state index contributed by atoms with van der Waals surface area (Å²) in [5.41, 5.74) is 3.68. The Morgan fingerprint density at radius 3 is 3.00 bits per heavy atom. The predicted octanol–water partition coefficient (Wildman–Crippen LogP) is 0.881. The van der Waals surface area contributed by atoms with Gasteiger partial charge in [0.05, 0.1) is 17.4 Å². The SMILES string of the molecule is NNc1ccccc1C(=O)NCC1CCCO1. The Balaban J connectivity index is 1.94. The van der Waals surface area contributed by atoms with Crippen LogP contribution in [-0.2, 0) is 4.74 Å². The van der Waals surface area contributed by atoms with Crippen molar-refractivity contribution in [1.29, 1.82) is 0 Å². The highest BCUT2D eigenvalue weighted by molar-refractivity contribution is 5.99. The Hall–Kier alpha value is -1.59. The quantitative estimate of drug-likeness (QED) is 0.535. The number of hydrazine groups is 1. The van der Waals surface area contributed by atoms with Gasteiger partial charge >= 0.3 is 0 Å². The molecular formula is C12H17N3O2. The topological polar surface area (TPSA) is 76.4 Å². The van der Waals surface area contributed by atoms with Crippen LogP contribution >= 0.6 is 0 Å². The minimum atomic E-state index is -0.131. The van der Waals surface area contributed by atoms with Crippen molar-refractivity contribution in [1.82, 2.24) is 5.32 Å². The highest BCUT2D eigenvalue weighted by Gasteiger charge is 2.17. The molecule has 17 heavy (non-hydrogen) atoms. The van der Waals surface area contributed by atoms with E-state index in [-0.39, 0.29) is 12.0 Å². The van der Waals surface area contributed by atoms with Gasteiger partial charge in [0.1, 0.15) is 0 Å². The van der Waals surface area contributed by atoms with E-state index in [1.54, 1.807) is 12.1 Å². The second kappa shape index (κ2) is 5.65. The van der Waals surface area contributed by atoms with E-state index in [4.69, 9.17) is 10.6 Å². The molecule has 1 atom stereocenters. The summed E-state index contributed by atoms with van der Waals surface area (Å²) < 4.78 is 5.44. The number of amides is 1. The number of carbonyl (C=O) groups is 1. The Bertz CT molecular complexity index is 389.